The van der Waals surface area contributed by atoms with E-state index in [2.05, 4.69) is 10.1 Å². The highest BCUT2D eigenvalue weighted by Gasteiger charge is 2.25. The highest BCUT2D eigenvalue weighted by Crippen LogP contribution is 2.31. The number of nitro benzene ring substituents is 1. The molecule has 2 aromatic rings. The number of carbonyl (C=O) groups excluding carboxylic acids is 2. The SMILES string of the molecule is COC(=O)c1cc([N+](=O)[O-])ccc1Nc1ccc(F)c(N2CCCC2=O)c1. The van der Waals surface area contributed by atoms with E-state index in [1.54, 1.807) is 0 Å². The predicted octanol–water partition coefficient (Wildman–Crippen LogP) is 3.39. The Hall–Kier alpha value is -3.49. The van der Waals surface area contributed by atoms with Crippen molar-refractivity contribution in [2.24, 2.45) is 0 Å². The van der Waals surface area contributed by atoms with Gasteiger partial charge in [0.15, 0.2) is 0 Å². The zero-order valence-electron chi connectivity index (χ0n) is 14.4. The Morgan fingerprint density at radius 3 is 2.70 bits per heavy atom. The number of hydrogen-bond acceptors (Lipinski definition) is 6. The van der Waals surface area contributed by atoms with Crippen LogP contribution in [0.15, 0.2) is 36.4 Å². The van der Waals surface area contributed by atoms with E-state index >= 15 is 0 Å². The number of nitrogens with one attached hydrogen (secondary N) is 1. The summed E-state index contributed by atoms with van der Waals surface area (Å²) in [5.41, 5.74) is 0.533. The summed E-state index contributed by atoms with van der Waals surface area (Å²) in [4.78, 5) is 35.6. The second-order valence-electron chi connectivity index (χ2n) is 5.92. The highest BCUT2D eigenvalue weighted by molar-refractivity contribution is 5.98. The number of nitrogens with zero attached hydrogens (tertiary/aromatic N) is 2. The van der Waals surface area contributed by atoms with Crippen molar-refractivity contribution >= 4 is 34.6 Å². The summed E-state index contributed by atoms with van der Waals surface area (Å²) in [5.74, 6) is -1.44. The van der Waals surface area contributed by atoms with Gasteiger partial charge < -0.3 is 15.0 Å². The second kappa shape index (κ2) is 7.40. The van der Waals surface area contributed by atoms with Crippen LogP contribution in [0.2, 0.25) is 0 Å². The molecular weight excluding hydrogens is 357 g/mol. The van der Waals surface area contributed by atoms with Crippen molar-refractivity contribution in [2.75, 3.05) is 23.9 Å². The van der Waals surface area contributed by atoms with Gasteiger partial charge in [0.05, 0.1) is 29.0 Å². The van der Waals surface area contributed by atoms with Gasteiger partial charge in [-0.15, -0.1) is 0 Å². The van der Waals surface area contributed by atoms with Gasteiger partial charge in [-0.1, -0.05) is 0 Å². The smallest absolute Gasteiger partial charge is 0.340 e. The van der Waals surface area contributed by atoms with Crippen LogP contribution in [0.5, 0.6) is 0 Å². The van der Waals surface area contributed by atoms with Gasteiger partial charge in [0.2, 0.25) is 5.91 Å². The second-order valence-corrected chi connectivity index (χ2v) is 5.92. The third-order valence-corrected chi connectivity index (χ3v) is 4.21. The number of methoxy groups -OCH3 is 1. The van der Waals surface area contributed by atoms with Crippen LogP contribution in [0.25, 0.3) is 0 Å². The molecule has 0 saturated carbocycles. The van der Waals surface area contributed by atoms with E-state index in [4.69, 9.17) is 0 Å². The molecule has 0 spiro atoms. The molecule has 1 aliphatic heterocycles. The Balaban J connectivity index is 1.96. The first kappa shape index (κ1) is 18.3. The molecule has 1 saturated heterocycles. The molecule has 3 rings (SSSR count). The molecule has 140 valence electrons. The maximum atomic E-state index is 14.2. The first-order valence-corrected chi connectivity index (χ1v) is 8.14. The lowest BCUT2D eigenvalue weighted by Gasteiger charge is -2.18. The monoisotopic (exact) mass is 373 g/mol. The quantitative estimate of drug-likeness (QED) is 0.490. The van der Waals surface area contributed by atoms with E-state index in [0.29, 0.717) is 25.1 Å². The number of anilines is 3. The first-order chi connectivity index (χ1) is 12.9. The van der Waals surface area contributed by atoms with Crippen LogP contribution >= 0.6 is 0 Å². The van der Waals surface area contributed by atoms with Gasteiger partial charge in [0.25, 0.3) is 5.69 Å². The molecule has 0 radical (unpaired) electrons. The molecule has 1 amide bonds. The first-order valence-electron chi connectivity index (χ1n) is 8.14. The lowest BCUT2D eigenvalue weighted by Crippen LogP contribution is -2.24. The van der Waals surface area contributed by atoms with Crippen molar-refractivity contribution < 1.29 is 23.6 Å². The summed E-state index contributed by atoms with van der Waals surface area (Å²) in [5, 5.41) is 13.9. The maximum Gasteiger partial charge on any atom is 0.340 e. The number of rotatable bonds is 5. The topological polar surface area (TPSA) is 102 Å². The van der Waals surface area contributed by atoms with Crippen LogP contribution in [0.4, 0.5) is 27.1 Å². The summed E-state index contributed by atoms with van der Waals surface area (Å²) >= 11 is 0. The Kier molecular flexibility index (Phi) is 5.02. The Morgan fingerprint density at radius 2 is 2.07 bits per heavy atom. The van der Waals surface area contributed by atoms with Gasteiger partial charge in [0.1, 0.15) is 5.82 Å². The third kappa shape index (κ3) is 3.71. The number of carbonyl (C=O) groups is 2. The zero-order valence-corrected chi connectivity index (χ0v) is 14.4. The van der Waals surface area contributed by atoms with E-state index in [1.807, 2.05) is 0 Å². The van der Waals surface area contributed by atoms with E-state index < -0.39 is 16.7 Å². The van der Waals surface area contributed by atoms with Crippen LogP contribution in [-0.2, 0) is 9.53 Å². The predicted molar refractivity (Wildman–Crippen MR) is 95.7 cm³/mol. The molecule has 0 aromatic heterocycles. The Morgan fingerprint density at radius 1 is 1.30 bits per heavy atom. The number of halogens is 1. The van der Waals surface area contributed by atoms with Gasteiger partial charge in [0, 0.05) is 30.8 Å². The normalized spacial score (nSPS) is 13.6. The fraction of sp³-hybridized carbons (Fsp3) is 0.222. The standard InChI is InChI=1S/C18H16FN3O5/c1-27-18(24)13-10-12(22(25)26)5-7-15(13)20-11-4-6-14(19)16(9-11)21-8-2-3-17(21)23/h4-7,9-10,20H,2-3,8H2,1H3. The molecule has 1 heterocycles. The zero-order chi connectivity index (χ0) is 19.6. The molecule has 2 aromatic carbocycles. The molecule has 27 heavy (non-hydrogen) atoms. The average Bonchev–Trinajstić information content (AvgIpc) is 3.08. The molecule has 0 atom stereocenters. The van der Waals surface area contributed by atoms with Crippen LogP contribution < -0.4 is 10.2 Å². The molecule has 0 unspecified atom stereocenters. The van der Waals surface area contributed by atoms with Crippen molar-refractivity contribution in [3.63, 3.8) is 0 Å². The van der Waals surface area contributed by atoms with Crippen LogP contribution in [0.1, 0.15) is 23.2 Å². The molecular formula is C18H16FN3O5. The Bertz CT molecular complexity index is 931. The molecule has 1 N–H and O–H groups in total. The summed E-state index contributed by atoms with van der Waals surface area (Å²) in [7, 11) is 1.17. The minimum Gasteiger partial charge on any atom is -0.465 e. The number of nitro groups is 1. The Labute approximate surface area is 153 Å². The van der Waals surface area contributed by atoms with Crippen molar-refractivity contribution in [2.45, 2.75) is 12.8 Å². The number of non-ortho nitro benzene ring substituents is 1. The lowest BCUT2D eigenvalue weighted by atomic mass is 10.1. The van der Waals surface area contributed by atoms with E-state index in [-0.39, 0.29) is 28.5 Å². The third-order valence-electron chi connectivity index (χ3n) is 4.21. The fourth-order valence-electron chi connectivity index (χ4n) is 2.89. The van der Waals surface area contributed by atoms with Crippen LogP contribution in [-0.4, -0.2) is 30.5 Å². The number of hydrogen-bond donors (Lipinski definition) is 1. The number of ether oxygens (including phenoxy) is 1. The minimum atomic E-state index is -0.752. The fourth-order valence-corrected chi connectivity index (χ4v) is 2.89. The molecule has 8 nitrogen and oxygen atoms in total. The summed E-state index contributed by atoms with van der Waals surface area (Å²) in [6.07, 6.45) is 1.02. The number of amides is 1. The molecule has 0 bridgehead atoms. The molecule has 1 fully saturated rings. The lowest BCUT2D eigenvalue weighted by molar-refractivity contribution is -0.384. The molecule has 1 aliphatic rings. The summed E-state index contributed by atoms with van der Waals surface area (Å²) in [6, 6.07) is 7.83. The van der Waals surface area contributed by atoms with Gasteiger partial charge in [-0.25, -0.2) is 9.18 Å². The van der Waals surface area contributed by atoms with E-state index in [0.717, 1.165) is 6.07 Å². The summed E-state index contributed by atoms with van der Waals surface area (Å²) < 4.78 is 18.8. The van der Waals surface area contributed by atoms with Crippen molar-refractivity contribution in [3.05, 3.63) is 57.9 Å². The van der Waals surface area contributed by atoms with Crippen molar-refractivity contribution in [1.29, 1.82) is 0 Å². The van der Waals surface area contributed by atoms with Gasteiger partial charge >= 0.3 is 5.97 Å². The summed E-state index contributed by atoms with van der Waals surface area (Å²) in [6.45, 7) is 0.435. The molecule has 0 aliphatic carbocycles. The molecule has 9 heteroatoms. The number of benzene rings is 2. The maximum absolute atomic E-state index is 14.2. The van der Waals surface area contributed by atoms with Crippen molar-refractivity contribution in [3.8, 4) is 0 Å². The van der Waals surface area contributed by atoms with Crippen LogP contribution in [0.3, 0.4) is 0 Å². The van der Waals surface area contributed by atoms with Gasteiger partial charge in [-0.3, -0.25) is 14.9 Å². The minimum absolute atomic E-state index is 0.0326. The number of esters is 1. The van der Waals surface area contributed by atoms with Crippen molar-refractivity contribution in [1.82, 2.24) is 0 Å². The van der Waals surface area contributed by atoms with E-state index in [9.17, 15) is 24.1 Å². The largest absolute Gasteiger partial charge is 0.465 e. The van der Waals surface area contributed by atoms with E-state index in [1.165, 1.54) is 42.3 Å². The van der Waals surface area contributed by atoms with Crippen LogP contribution in [0, 0.1) is 15.9 Å². The highest BCUT2D eigenvalue weighted by atomic mass is 19.1. The average molecular weight is 373 g/mol. The van der Waals surface area contributed by atoms with Gasteiger partial charge in [-0.2, -0.15) is 0 Å². The van der Waals surface area contributed by atoms with Gasteiger partial charge in [-0.05, 0) is 30.7 Å².